The van der Waals surface area contributed by atoms with E-state index in [1.165, 1.54) is 5.56 Å². The number of rotatable bonds is 7. The molecule has 0 saturated carbocycles. The maximum atomic E-state index is 12.3. The first kappa shape index (κ1) is 26.7. The van der Waals surface area contributed by atoms with Crippen LogP contribution in [0.4, 0.5) is 0 Å². The molecule has 1 unspecified atom stereocenters. The lowest BCUT2D eigenvalue weighted by Crippen LogP contribution is -2.50. The number of hydrogen-bond donors (Lipinski definition) is 2. The molecule has 0 aromatic heterocycles. The van der Waals surface area contributed by atoms with Gasteiger partial charge in [0, 0.05) is 57.3 Å². The lowest BCUT2D eigenvalue weighted by molar-refractivity contribution is -0.133. The van der Waals surface area contributed by atoms with Crippen LogP contribution in [0.3, 0.4) is 0 Å². The van der Waals surface area contributed by atoms with Crippen LogP contribution in [0.25, 0.3) is 0 Å². The van der Waals surface area contributed by atoms with E-state index in [-0.39, 0.29) is 47.3 Å². The van der Waals surface area contributed by atoms with Gasteiger partial charge in [-0.3, -0.25) is 9.79 Å². The van der Waals surface area contributed by atoms with E-state index in [4.69, 9.17) is 9.47 Å². The number of halogens is 1. The Labute approximate surface area is 209 Å². The lowest BCUT2D eigenvalue weighted by atomic mass is 9.74. The number of nitrogens with one attached hydrogen (secondary N) is 2. The number of hydrogen-bond acceptors (Lipinski definition) is 4. The highest BCUT2D eigenvalue weighted by atomic mass is 127. The first-order chi connectivity index (χ1) is 15.0. The largest absolute Gasteiger partial charge is 0.494 e. The molecule has 1 atom stereocenters. The van der Waals surface area contributed by atoms with Gasteiger partial charge >= 0.3 is 0 Å². The van der Waals surface area contributed by atoms with Gasteiger partial charge in [0.1, 0.15) is 5.75 Å². The molecule has 2 saturated heterocycles. The summed E-state index contributed by atoms with van der Waals surface area (Å²) < 4.78 is 11.3. The van der Waals surface area contributed by atoms with E-state index in [1.54, 1.807) is 7.05 Å². The summed E-state index contributed by atoms with van der Waals surface area (Å²) in [6, 6.07) is 8.70. The quantitative estimate of drug-likeness (QED) is 0.306. The standard InChI is InChI=1S/C24H38N4O3.HI/c1-5-31-21-8-6-19(7-9-21)24(11-14-30-15-12-24)17-26-23(25-4)27-20-10-13-28(16-20)22(29)18(2)3;/h6-9,18,20H,5,10-17H2,1-4H3,(H2,25,26,27);1H. The zero-order valence-electron chi connectivity index (χ0n) is 19.9. The van der Waals surface area contributed by atoms with Gasteiger partial charge in [-0.2, -0.15) is 0 Å². The molecule has 180 valence electrons. The van der Waals surface area contributed by atoms with Crippen LogP contribution in [0, 0.1) is 5.92 Å². The van der Waals surface area contributed by atoms with E-state index in [9.17, 15) is 4.79 Å². The van der Waals surface area contributed by atoms with E-state index in [0.29, 0.717) is 6.61 Å². The summed E-state index contributed by atoms with van der Waals surface area (Å²) in [4.78, 5) is 18.7. The predicted octanol–water partition coefficient (Wildman–Crippen LogP) is 3.17. The van der Waals surface area contributed by atoms with Gasteiger partial charge in [-0.1, -0.05) is 26.0 Å². The molecule has 2 fully saturated rings. The van der Waals surface area contributed by atoms with Crippen LogP contribution < -0.4 is 15.4 Å². The van der Waals surface area contributed by atoms with Crippen molar-refractivity contribution in [2.45, 2.75) is 51.5 Å². The summed E-state index contributed by atoms with van der Waals surface area (Å²) in [7, 11) is 1.80. The predicted molar refractivity (Wildman–Crippen MR) is 139 cm³/mol. The summed E-state index contributed by atoms with van der Waals surface area (Å²) in [5, 5.41) is 7.08. The minimum Gasteiger partial charge on any atom is -0.494 e. The van der Waals surface area contributed by atoms with Gasteiger partial charge in [0.25, 0.3) is 0 Å². The van der Waals surface area contributed by atoms with Crippen LogP contribution in [-0.2, 0) is 14.9 Å². The topological polar surface area (TPSA) is 75.2 Å². The van der Waals surface area contributed by atoms with Crippen molar-refractivity contribution in [2.24, 2.45) is 10.9 Å². The highest BCUT2D eigenvalue weighted by Gasteiger charge is 2.35. The monoisotopic (exact) mass is 558 g/mol. The van der Waals surface area contributed by atoms with Crippen molar-refractivity contribution < 1.29 is 14.3 Å². The number of carbonyl (C=O) groups is 1. The van der Waals surface area contributed by atoms with E-state index in [1.807, 2.05) is 25.7 Å². The lowest BCUT2D eigenvalue weighted by Gasteiger charge is -2.38. The van der Waals surface area contributed by atoms with Gasteiger partial charge in [0.2, 0.25) is 5.91 Å². The maximum absolute atomic E-state index is 12.3. The first-order valence-electron chi connectivity index (χ1n) is 11.5. The summed E-state index contributed by atoms with van der Waals surface area (Å²) in [6.07, 6.45) is 2.87. The molecule has 1 aromatic carbocycles. The molecule has 3 rings (SSSR count). The van der Waals surface area contributed by atoms with Crippen LogP contribution >= 0.6 is 24.0 Å². The Balaban J connectivity index is 0.00000363. The summed E-state index contributed by atoms with van der Waals surface area (Å²) in [6.45, 7) is 10.4. The Hall–Kier alpha value is -1.55. The number of benzene rings is 1. The molecular weight excluding hydrogens is 519 g/mol. The van der Waals surface area contributed by atoms with Gasteiger partial charge in [-0.05, 0) is 43.9 Å². The number of aliphatic imine (C=N–C) groups is 1. The molecule has 2 heterocycles. The van der Waals surface area contributed by atoms with Crippen molar-refractivity contribution in [1.82, 2.24) is 15.5 Å². The van der Waals surface area contributed by atoms with Gasteiger partial charge in [0.15, 0.2) is 5.96 Å². The van der Waals surface area contributed by atoms with E-state index in [2.05, 4.69) is 39.9 Å². The molecule has 0 radical (unpaired) electrons. The SMILES string of the molecule is CCOc1ccc(C2(CNC(=NC)NC3CCN(C(=O)C(C)C)C3)CCOCC2)cc1.I. The molecule has 0 aliphatic carbocycles. The molecule has 2 aliphatic heterocycles. The van der Waals surface area contributed by atoms with Crippen molar-refractivity contribution in [3.63, 3.8) is 0 Å². The normalized spacial score (nSPS) is 20.6. The highest BCUT2D eigenvalue weighted by Crippen LogP contribution is 2.35. The Morgan fingerprint density at radius 2 is 1.97 bits per heavy atom. The average molecular weight is 559 g/mol. The Kier molecular flexibility index (Phi) is 10.5. The van der Waals surface area contributed by atoms with Crippen molar-refractivity contribution in [3.05, 3.63) is 29.8 Å². The highest BCUT2D eigenvalue weighted by molar-refractivity contribution is 14.0. The van der Waals surface area contributed by atoms with Gasteiger partial charge in [-0.25, -0.2) is 0 Å². The zero-order valence-corrected chi connectivity index (χ0v) is 22.2. The molecule has 8 heteroatoms. The molecule has 2 aliphatic rings. The number of carbonyl (C=O) groups excluding carboxylic acids is 1. The summed E-state index contributed by atoms with van der Waals surface area (Å²) in [5.41, 5.74) is 1.30. The van der Waals surface area contributed by atoms with E-state index < -0.39 is 0 Å². The zero-order chi connectivity index (χ0) is 22.3. The molecule has 1 aromatic rings. The Bertz CT molecular complexity index is 748. The van der Waals surface area contributed by atoms with Crippen LogP contribution in [-0.4, -0.2) is 69.3 Å². The van der Waals surface area contributed by atoms with Crippen molar-refractivity contribution in [2.75, 3.05) is 46.5 Å². The second kappa shape index (κ2) is 12.6. The fraction of sp³-hybridized carbons (Fsp3) is 0.667. The molecular formula is C24H39IN4O3. The minimum atomic E-state index is -0.00403. The number of guanidine groups is 1. The van der Waals surface area contributed by atoms with Gasteiger partial charge in [-0.15, -0.1) is 24.0 Å². The third-order valence-corrected chi connectivity index (χ3v) is 6.38. The smallest absolute Gasteiger partial charge is 0.225 e. The van der Waals surface area contributed by atoms with Crippen LogP contribution in [0.5, 0.6) is 5.75 Å². The Morgan fingerprint density at radius 1 is 1.28 bits per heavy atom. The van der Waals surface area contributed by atoms with Gasteiger partial charge in [0.05, 0.1) is 6.61 Å². The first-order valence-corrected chi connectivity index (χ1v) is 11.5. The van der Waals surface area contributed by atoms with E-state index >= 15 is 0 Å². The second-order valence-electron chi connectivity index (χ2n) is 8.84. The van der Waals surface area contributed by atoms with E-state index in [0.717, 1.165) is 63.8 Å². The molecule has 7 nitrogen and oxygen atoms in total. The maximum Gasteiger partial charge on any atom is 0.225 e. The van der Waals surface area contributed by atoms with Crippen molar-refractivity contribution >= 4 is 35.8 Å². The molecule has 2 N–H and O–H groups in total. The second-order valence-corrected chi connectivity index (χ2v) is 8.84. The number of amides is 1. The van der Waals surface area contributed by atoms with Crippen molar-refractivity contribution in [1.29, 1.82) is 0 Å². The summed E-state index contributed by atoms with van der Waals surface area (Å²) in [5.74, 6) is 1.96. The number of ether oxygens (including phenoxy) is 2. The molecule has 1 amide bonds. The van der Waals surface area contributed by atoms with Gasteiger partial charge < -0.3 is 25.0 Å². The Morgan fingerprint density at radius 3 is 2.56 bits per heavy atom. The fourth-order valence-corrected chi connectivity index (χ4v) is 4.49. The number of nitrogens with zero attached hydrogens (tertiary/aromatic N) is 2. The molecule has 32 heavy (non-hydrogen) atoms. The summed E-state index contributed by atoms with van der Waals surface area (Å²) >= 11 is 0. The third kappa shape index (κ3) is 6.73. The fourth-order valence-electron chi connectivity index (χ4n) is 4.49. The molecule has 0 bridgehead atoms. The van der Waals surface area contributed by atoms with Crippen LogP contribution in [0.1, 0.15) is 45.6 Å². The van der Waals surface area contributed by atoms with Crippen LogP contribution in [0.15, 0.2) is 29.3 Å². The molecule has 0 spiro atoms. The average Bonchev–Trinajstić information content (AvgIpc) is 3.25. The van der Waals surface area contributed by atoms with Crippen LogP contribution in [0.2, 0.25) is 0 Å². The minimum absolute atomic E-state index is 0. The number of likely N-dealkylation sites (tertiary alicyclic amines) is 1. The third-order valence-electron chi connectivity index (χ3n) is 6.38. The van der Waals surface area contributed by atoms with Crippen molar-refractivity contribution in [3.8, 4) is 5.75 Å².